The van der Waals surface area contributed by atoms with E-state index in [1.165, 1.54) is 9.58 Å². The highest BCUT2D eigenvalue weighted by Crippen LogP contribution is 2.26. The quantitative estimate of drug-likeness (QED) is 0.356. The second-order valence-corrected chi connectivity index (χ2v) is 6.86. The lowest BCUT2D eigenvalue weighted by Gasteiger charge is -2.24. The fraction of sp³-hybridized carbons (Fsp3) is 0.667. The number of nitrogens with zero attached hydrogens (tertiary/aromatic N) is 6. The molecule has 10 heteroatoms. The van der Waals surface area contributed by atoms with Crippen LogP contribution in [0.25, 0.3) is 10.4 Å². The lowest BCUT2D eigenvalue weighted by atomic mass is 10.2. The van der Waals surface area contributed by atoms with Crippen molar-refractivity contribution in [2.45, 2.75) is 45.4 Å². The largest absolute Gasteiger partial charge is 0.472 e. The molecule has 0 unspecified atom stereocenters. The highest BCUT2D eigenvalue weighted by Gasteiger charge is 2.39. The van der Waals surface area contributed by atoms with E-state index in [9.17, 15) is 9.59 Å². The molecule has 2 heterocycles. The summed E-state index contributed by atoms with van der Waals surface area (Å²) in [7, 11) is 1.65. The minimum atomic E-state index is -0.631. The summed E-state index contributed by atoms with van der Waals surface area (Å²) in [4.78, 5) is 27.8. The molecule has 25 heavy (non-hydrogen) atoms. The van der Waals surface area contributed by atoms with E-state index in [1.807, 2.05) is 0 Å². The van der Waals surface area contributed by atoms with Crippen LogP contribution >= 0.6 is 0 Å². The summed E-state index contributed by atoms with van der Waals surface area (Å²) in [6.07, 6.45) is -0.439. The summed E-state index contributed by atoms with van der Waals surface area (Å²) in [5.74, 6) is 0.279. The van der Waals surface area contributed by atoms with E-state index in [-0.39, 0.29) is 19.0 Å². The summed E-state index contributed by atoms with van der Waals surface area (Å²) >= 11 is 0. The third-order valence-electron chi connectivity index (χ3n) is 3.68. The summed E-state index contributed by atoms with van der Waals surface area (Å²) in [5.41, 5.74) is 9.01. The Kier molecular flexibility index (Phi) is 5.22. The Labute approximate surface area is 145 Å². The van der Waals surface area contributed by atoms with Crippen LogP contribution in [0.5, 0.6) is 5.88 Å². The van der Waals surface area contributed by atoms with Gasteiger partial charge in [-0.3, -0.25) is 4.79 Å². The number of ether oxygens (including phenoxy) is 2. The Hall–Kier alpha value is -2.74. The summed E-state index contributed by atoms with van der Waals surface area (Å²) < 4.78 is 12.7. The number of aldehydes is 1. The third-order valence-corrected chi connectivity index (χ3v) is 3.68. The van der Waals surface area contributed by atoms with Crippen LogP contribution in [0.4, 0.5) is 4.79 Å². The van der Waals surface area contributed by atoms with Crippen LogP contribution < -0.4 is 4.74 Å². The molecular formula is C15H22N6O4. The molecule has 1 aromatic rings. The molecule has 0 aliphatic carbocycles. The maximum absolute atomic E-state index is 12.2. The second kappa shape index (κ2) is 7.02. The van der Waals surface area contributed by atoms with Gasteiger partial charge in [0.25, 0.3) is 0 Å². The number of azide groups is 1. The molecule has 1 aliphatic rings. The average Bonchev–Trinajstić information content (AvgIpc) is 3.00. The Bertz CT molecular complexity index is 716. The van der Waals surface area contributed by atoms with Crippen LogP contribution in [-0.2, 0) is 11.8 Å². The molecule has 0 spiro atoms. The number of aromatic nitrogens is 2. The molecule has 0 aromatic carbocycles. The minimum Gasteiger partial charge on any atom is -0.472 e. The summed E-state index contributed by atoms with van der Waals surface area (Å²) in [6, 6.07) is -0.591. The molecule has 0 saturated carbocycles. The van der Waals surface area contributed by atoms with E-state index >= 15 is 0 Å². The Morgan fingerprint density at radius 1 is 1.44 bits per heavy atom. The predicted molar refractivity (Wildman–Crippen MR) is 88.5 cm³/mol. The van der Waals surface area contributed by atoms with E-state index in [0.29, 0.717) is 17.5 Å². The van der Waals surface area contributed by atoms with Gasteiger partial charge in [-0.05, 0) is 33.2 Å². The van der Waals surface area contributed by atoms with Gasteiger partial charge in [0.1, 0.15) is 11.7 Å². The zero-order valence-corrected chi connectivity index (χ0v) is 15.0. The van der Waals surface area contributed by atoms with Crippen LogP contribution in [0.15, 0.2) is 5.11 Å². The van der Waals surface area contributed by atoms with Gasteiger partial charge in [0.15, 0.2) is 6.29 Å². The molecular weight excluding hydrogens is 328 g/mol. The molecule has 10 nitrogen and oxygen atoms in total. The van der Waals surface area contributed by atoms with E-state index in [0.717, 1.165) is 0 Å². The van der Waals surface area contributed by atoms with E-state index < -0.39 is 23.8 Å². The zero-order chi connectivity index (χ0) is 18.8. The molecule has 1 aromatic heterocycles. The predicted octanol–water partition coefficient (Wildman–Crippen LogP) is 2.22. The van der Waals surface area contributed by atoms with Gasteiger partial charge in [-0.15, -0.1) is 0 Å². The maximum Gasteiger partial charge on any atom is 0.410 e. The summed E-state index contributed by atoms with van der Waals surface area (Å²) in [6.45, 7) is 7.37. The fourth-order valence-corrected chi connectivity index (χ4v) is 2.60. The van der Waals surface area contributed by atoms with Crippen molar-refractivity contribution in [2.24, 2.45) is 12.2 Å². The number of hydrogen-bond donors (Lipinski definition) is 0. The second-order valence-electron chi connectivity index (χ2n) is 6.86. The molecule has 1 saturated heterocycles. The van der Waals surface area contributed by atoms with Gasteiger partial charge in [0.2, 0.25) is 5.88 Å². The number of carbonyl (C=O) groups excluding carboxylic acids is 2. The van der Waals surface area contributed by atoms with Gasteiger partial charge in [0, 0.05) is 18.5 Å². The molecule has 2 atom stereocenters. The number of likely N-dealkylation sites (tertiary alicyclic amines) is 1. The topological polar surface area (TPSA) is 122 Å². The van der Waals surface area contributed by atoms with E-state index in [1.54, 1.807) is 34.7 Å². The van der Waals surface area contributed by atoms with Crippen molar-refractivity contribution in [1.29, 1.82) is 0 Å². The van der Waals surface area contributed by atoms with Crippen LogP contribution in [-0.4, -0.2) is 57.9 Å². The van der Waals surface area contributed by atoms with Gasteiger partial charge in [-0.1, -0.05) is 5.11 Å². The Morgan fingerprint density at radius 2 is 2.12 bits per heavy atom. The van der Waals surface area contributed by atoms with Crippen LogP contribution in [0.3, 0.4) is 0 Å². The van der Waals surface area contributed by atoms with Gasteiger partial charge in [-0.25, -0.2) is 9.48 Å². The molecule has 0 bridgehead atoms. The van der Waals surface area contributed by atoms with Crippen LogP contribution in [0.2, 0.25) is 0 Å². The molecule has 1 amide bonds. The molecule has 136 valence electrons. The van der Waals surface area contributed by atoms with Gasteiger partial charge >= 0.3 is 6.09 Å². The highest BCUT2D eigenvalue weighted by atomic mass is 16.6. The van der Waals surface area contributed by atoms with Crippen molar-refractivity contribution in [2.75, 3.05) is 13.1 Å². The van der Waals surface area contributed by atoms with Crippen LogP contribution in [0.1, 0.15) is 36.8 Å². The van der Waals surface area contributed by atoms with Crippen molar-refractivity contribution in [3.8, 4) is 5.88 Å². The fourth-order valence-electron chi connectivity index (χ4n) is 2.60. The number of carbonyl (C=O) groups is 2. The number of amides is 1. The maximum atomic E-state index is 12.2. The van der Waals surface area contributed by atoms with E-state index in [4.69, 9.17) is 15.0 Å². The SMILES string of the molecule is Cc1nn(C)c(O[C@@H]2CN(C(=O)OC(C)(C)C)C[C@H]2N=[N+]=[N-])c1C=O. The van der Waals surface area contributed by atoms with Gasteiger partial charge in [-0.2, -0.15) is 5.10 Å². The van der Waals surface area contributed by atoms with Gasteiger partial charge < -0.3 is 14.4 Å². The summed E-state index contributed by atoms with van der Waals surface area (Å²) in [5, 5.41) is 7.86. The lowest BCUT2D eigenvalue weighted by Crippen LogP contribution is -2.36. The first-order valence-electron chi connectivity index (χ1n) is 7.84. The number of rotatable bonds is 4. The molecule has 0 N–H and O–H groups in total. The smallest absolute Gasteiger partial charge is 0.410 e. The standard InChI is InChI=1S/C15H22N6O4/c1-9-10(8-22)13(20(5)18-9)24-12-7-21(6-11(12)17-19-16)14(23)25-15(2,3)4/h8,11-12H,6-7H2,1-5H3/t11-,12-/m1/s1. The Balaban J connectivity index is 2.20. The molecule has 1 fully saturated rings. The first-order chi connectivity index (χ1) is 11.7. The minimum absolute atomic E-state index is 0.177. The lowest BCUT2D eigenvalue weighted by molar-refractivity contribution is 0.0273. The van der Waals surface area contributed by atoms with Crippen molar-refractivity contribution in [1.82, 2.24) is 14.7 Å². The van der Waals surface area contributed by atoms with E-state index in [2.05, 4.69) is 15.1 Å². The number of aryl methyl sites for hydroxylation is 2. The van der Waals surface area contributed by atoms with Crippen molar-refractivity contribution >= 4 is 12.4 Å². The highest BCUT2D eigenvalue weighted by molar-refractivity contribution is 5.80. The molecule has 0 radical (unpaired) electrons. The first kappa shape index (κ1) is 18.6. The molecule has 2 rings (SSSR count). The molecule has 1 aliphatic heterocycles. The van der Waals surface area contributed by atoms with Crippen molar-refractivity contribution in [3.05, 3.63) is 21.7 Å². The normalized spacial score (nSPS) is 20.1. The van der Waals surface area contributed by atoms with Crippen molar-refractivity contribution in [3.63, 3.8) is 0 Å². The third kappa shape index (κ3) is 4.21. The number of hydrogen-bond acceptors (Lipinski definition) is 6. The zero-order valence-electron chi connectivity index (χ0n) is 15.0. The van der Waals surface area contributed by atoms with Crippen molar-refractivity contribution < 1.29 is 19.1 Å². The van der Waals surface area contributed by atoms with Gasteiger partial charge in [0.05, 0.1) is 23.8 Å². The average molecular weight is 350 g/mol. The van der Waals surface area contributed by atoms with Crippen LogP contribution in [0, 0.1) is 6.92 Å². The first-order valence-corrected chi connectivity index (χ1v) is 7.84. The Morgan fingerprint density at radius 3 is 2.68 bits per heavy atom. The monoisotopic (exact) mass is 350 g/mol.